The predicted octanol–water partition coefficient (Wildman–Crippen LogP) is 5.98. The highest BCUT2D eigenvalue weighted by molar-refractivity contribution is 9.10. The molecular weight excluding hydrogens is 668 g/mol. The van der Waals surface area contributed by atoms with E-state index < -0.39 is 6.09 Å². The summed E-state index contributed by atoms with van der Waals surface area (Å²) in [6, 6.07) is 13.2. The van der Waals surface area contributed by atoms with Gasteiger partial charge < -0.3 is 34.4 Å². The fourth-order valence-corrected chi connectivity index (χ4v) is 6.82. The number of esters is 1. The molecule has 0 radical (unpaired) electrons. The number of rotatable bonds is 12. The van der Waals surface area contributed by atoms with Gasteiger partial charge in [0.1, 0.15) is 27.4 Å². The van der Waals surface area contributed by atoms with E-state index in [0.29, 0.717) is 48.0 Å². The van der Waals surface area contributed by atoms with Crippen LogP contribution in [-0.4, -0.2) is 82.9 Å². The summed E-state index contributed by atoms with van der Waals surface area (Å²) in [6.07, 6.45) is 4.15. The van der Waals surface area contributed by atoms with Gasteiger partial charge in [0.05, 0.1) is 33.8 Å². The molecule has 12 nitrogen and oxygen atoms in total. The Labute approximate surface area is 282 Å². The third-order valence-electron chi connectivity index (χ3n) is 8.69. The van der Waals surface area contributed by atoms with E-state index in [1.165, 1.54) is 12.0 Å². The number of likely N-dealkylation sites (tertiary alicyclic amines) is 1. The first-order chi connectivity index (χ1) is 22.6. The van der Waals surface area contributed by atoms with Crippen LogP contribution in [0, 0.1) is 0 Å². The molecule has 0 saturated carbocycles. The Morgan fingerprint density at radius 2 is 1.89 bits per heavy atom. The molecule has 2 unspecified atom stereocenters. The summed E-state index contributed by atoms with van der Waals surface area (Å²) >= 11 is 3.65. The summed E-state index contributed by atoms with van der Waals surface area (Å²) in [7, 11) is 4.62. The molecule has 0 aliphatic carbocycles. The second-order valence-electron chi connectivity index (χ2n) is 11.8. The van der Waals surface area contributed by atoms with Crippen molar-refractivity contribution in [1.29, 1.82) is 0 Å². The number of fused-ring (bicyclic) bond motifs is 1. The average Bonchev–Trinajstić information content (AvgIpc) is 3.42. The second-order valence-corrected chi connectivity index (χ2v) is 12.5. The molecule has 1 amide bonds. The topological polar surface area (TPSA) is 131 Å². The normalized spacial score (nSPS) is 16.3. The zero-order valence-corrected chi connectivity index (χ0v) is 28.9. The maximum absolute atomic E-state index is 12.7. The summed E-state index contributed by atoms with van der Waals surface area (Å²) in [5.41, 5.74) is 3.46. The number of nitrogens with zero attached hydrogens (tertiary/aromatic N) is 5. The molecule has 2 aromatic carbocycles. The fourth-order valence-electron chi connectivity index (χ4n) is 6.26. The minimum Gasteiger partial charge on any atom is -0.497 e. The molecule has 3 heterocycles. The number of anilines is 2. The Balaban J connectivity index is 1.36. The van der Waals surface area contributed by atoms with Crippen LogP contribution >= 0.6 is 15.9 Å². The number of hydrogen-bond acceptors (Lipinski definition) is 9. The molecule has 4 aromatic rings. The average molecular weight is 710 g/mol. The summed E-state index contributed by atoms with van der Waals surface area (Å²) < 4.78 is 18.4. The Kier molecular flexibility index (Phi) is 10.7. The number of hydrogen-bond donors (Lipinski definition) is 2. The SMILES string of the molecule is COC(=O)Cc1ccccc1N(CC1CCC(c2nc(Br)c3c(NCc4ccc(OC)cc4OC)nccn23)CN1C(=O)O)C(C)C. The standard InChI is InChI=1S/C34H41BrN6O6/c1-21(2)40(27-9-7-6-8-22(27)16-29(42)47-5)20-25-12-10-24(19-41(25)34(43)44)33-38-31(35)30-32(36-14-15-39(30)33)37-18-23-11-13-26(45-3)17-28(23)46-4/h6-9,11,13-15,17,21,24-25H,10,12,16,18-20H2,1-5H3,(H,36,37)(H,43,44). The summed E-state index contributed by atoms with van der Waals surface area (Å²) in [5.74, 6) is 2.37. The van der Waals surface area contributed by atoms with Crippen LogP contribution in [0.15, 0.2) is 59.5 Å². The number of halogens is 1. The van der Waals surface area contributed by atoms with E-state index in [2.05, 4.69) is 45.0 Å². The second kappa shape index (κ2) is 14.9. The molecule has 47 heavy (non-hydrogen) atoms. The van der Waals surface area contributed by atoms with Gasteiger partial charge in [-0.2, -0.15) is 0 Å². The monoisotopic (exact) mass is 708 g/mol. The van der Waals surface area contributed by atoms with Crippen molar-refractivity contribution in [2.24, 2.45) is 0 Å². The van der Waals surface area contributed by atoms with Crippen molar-refractivity contribution in [2.45, 2.75) is 57.7 Å². The number of amides is 1. The summed E-state index contributed by atoms with van der Waals surface area (Å²) in [5, 5.41) is 13.8. The van der Waals surface area contributed by atoms with E-state index in [4.69, 9.17) is 19.2 Å². The molecule has 1 saturated heterocycles. The number of carboxylic acid groups (broad SMARTS) is 1. The highest BCUT2D eigenvalue weighted by atomic mass is 79.9. The maximum atomic E-state index is 12.7. The third kappa shape index (κ3) is 7.40. The van der Waals surface area contributed by atoms with Crippen molar-refractivity contribution in [1.82, 2.24) is 19.3 Å². The lowest BCUT2D eigenvalue weighted by atomic mass is 9.91. The zero-order valence-electron chi connectivity index (χ0n) is 27.3. The van der Waals surface area contributed by atoms with Crippen LogP contribution in [0.4, 0.5) is 16.3 Å². The molecule has 0 spiro atoms. The van der Waals surface area contributed by atoms with Crippen molar-refractivity contribution in [3.8, 4) is 11.5 Å². The van der Waals surface area contributed by atoms with E-state index in [9.17, 15) is 14.7 Å². The Morgan fingerprint density at radius 1 is 1.11 bits per heavy atom. The predicted molar refractivity (Wildman–Crippen MR) is 183 cm³/mol. The molecule has 1 fully saturated rings. The molecule has 250 valence electrons. The van der Waals surface area contributed by atoms with Crippen LogP contribution in [-0.2, 0) is 22.5 Å². The molecular formula is C34H41BrN6O6. The summed E-state index contributed by atoms with van der Waals surface area (Å²) in [6.45, 7) is 5.40. The van der Waals surface area contributed by atoms with E-state index in [-0.39, 0.29) is 30.4 Å². The molecule has 0 bridgehead atoms. The fraction of sp³-hybridized carbons (Fsp3) is 0.412. The Bertz CT molecular complexity index is 1730. The number of methoxy groups -OCH3 is 3. The number of carbonyl (C=O) groups excluding carboxylic acids is 1. The number of para-hydroxylation sites is 1. The van der Waals surface area contributed by atoms with Crippen molar-refractivity contribution >= 4 is 45.0 Å². The van der Waals surface area contributed by atoms with Crippen LogP contribution < -0.4 is 19.7 Å². The van der Waals surface area contributed by atoms with Crippen molar-refractivity contribution < 1.29 is 28.9 Å². The van der Waals surface area contributed by atoms with Gasteiger partial charge in [-0.05, 0) is 66.4 Å². The first kappa shape index (κ1) is 33.8. The first-order valence-corrected chi connectivity index (χ1v) is 16.3. The van der Waals surface area contributed by atoms with Crippen LogP contribution in [0.5, 0.6) is 11.5 Å². The minimum absolute atomic E-state index is 0.0747. The lowest BCUT2D eigenvalue weighted by Gasteiger charge is -2.42. The van der Waals surface area contributed by atoms with Gasteiger partial charge in [-0.15, -0.1) is 0 Å². The number of ether oxygens (including phenoxy) is 3. The van der Waals surface area contributed by atoms with E-state index >= 15 is 0 Å². The maximum Gasteiger partial charge on any atom is 0.407 e. The highest BCUT2D eigenvalue weighted by Crippen LogP contribution is 2.36. The molecule has 13 heteroatoms. The first-order valence-electron chi connectivity index (χ1n) is 15.5. The van der Waals surface area contributed by atoms with Crippen molar-refractivity contribution in [3.63, 3.8) is 0 Å². The Morgan fingerprint density at radius 3 is 2.60 bits per heavy atom. The minimum atomic E-state index is -0.969. The Hall–Kier alpha value is -4.52. The van der Waals surface area contributed by atoms with Gasteiger partial charge in [0.15, 0.2) is 5.82 Å². The van der Waals surface area contributed by atoms with Gasteiger partial charge in [-0.1, -0.05) is 18.2 Å². The number of nitrogens with one attached hydrogen (secondary N) is 1. The van der Waals surface area contributed by atoms with Crippen molar-refractivity contribution in [2.75, 3.05) is 44.6 Å². The molecule has 2 atom stereocenters. The number of piperidine rings is 1. The zero-order chi connectivity index (χ0) is 33.7. The van der Waals surface area contributed by atoms with Gasteiger partial charge >= 0.3 is 12.1 Å². The van der Waals surface area contributed by atoms with E-state index in [1.807, 2.05) is 53.1 Å². The van der Waals surface area contributed by atoms with Gasteiger partial charge in [0, 0.05) is 61.3 Å². The molecule has 1 aliphatic rings. The highest BCUT2D eigenvalue weighted by Gasteiger charge is 2.36. The largest absolute Gasteiger partial charge is 0.497 e. The molecule has 5 rings (SSSR count). The summed E-state index contributed by atoms with van der Waals surface area (Å²) in [4.78, 5) is 38.0. The number of carbonyl (C=O) groups is 2. The van der Waals surface area contributed by atoms with Gasteiger partial charge in [0.25, 0.3) is 0 Å². The molecule has 2 aromatic heterocycles. The number of benzene rings is 2. The van der Waals surface area contributed by atoms with E-state index in [1.54, 1.807) is 20.4 Å². The van der Waals surface area contributed by atoms with Gasteiger partial charge in [-0.25, -0.2) is 14.8 Å². The third-order valence-corrected chi connectivity index (χ3v) is 9.24. The lowest BCUT2D eigenvalue weighted by molar-refractivity contribution is -0.139. The van der Waals surface area contributed by atoms with Crippen LogP contribution in [0.2, 0.25) is 0 Å². The van der Waals surface area contributed by atoms with Crippen LogP contribution in [0.3, 0.4) is 0 Å². The number of imidazole rings is 1. The van der Waals surface area contributed by atoms with Gasteiger partial charge in [0.2, 0.25) is 0 Å². The molecule has 1 aliphatic heterocycles. The van der Waals surface area contributed by atoms with E-state index in [0.717, 1.165) is 34.6 Å². The van der Waals surface area contributed by atoms with Crippen LogP contribution in [0.25, 0.3) is 5.52 Å². The lowest BCUT2D eigenvalue weighted by Crippen LogP contribution is -2.52. The van der Waals surface area contributed by atoms with Crippen LogP contribution in [0.1, 0.15) is 49.6 Å². The van der Waals surface area contributed by atoms with Gasteiger partial charge in [-0.3, -0.25) is 9.20 Å². The van der Waals surface area contributed by atoms with Crippen molar-refractivity contribution in [3.05, 3.63) is 76.4 Å². The number of aromatic nitrogens is 3. The smallest absolute Gasteiger partial charge is 0.407 e. The quantitative estimate of drug-likeness (QED) is 0.170. The molecule has 2 N–H and O–H groups in total.